The summed E-state index contributed by atoms with van der Waals surface area (Å²) in [5, 5.41) is 15.3. The van der Waals surface area contributed by atoms with E-state index >= 15 is 0 Å². The third-order valence-electron chi connectivity index (χ3n) is 6.55. The molecule has 4 rings (SSSR count). The number of hydrogen-bond acceptors (Lipinski definition) is 6. The third-order valence-corrected chi connectivity index (χ3v) is 6.86. The molecule has 0 radical (unpaired) electrons. The van der Waals surface area contributed by atoms with Gasteiger partial charge >= 0.3 is 0 Å². The van der Waals surface area contributed by atoms with Crippen molar-refractivity contribution in [2.24, 2.45) is 10.9 Å². The van der Waals surface area contributed by atoms with Gasteiger partial charge in [-0.3, -0.25) is 4.79 Å². The number of aryl methyl sites for hydroxylation is 1. The van der Waals surface area contributed by atoms with Crippen LogP contribution in [0.25, 0.3) is 5.70 Å². The number of carbonyl (C=O) groups is 1. The van der Waals surface area contributed by atoms with Crippen molar-refractivity contribution in [3.05, 3.63) is 73.8 Å². The second kappa shape index (κ2) is 9.93. The van der Waals surface area contributed by atoms with Crippen molar-refractivity contribution in [2.45, 2.75) is 45.1 Å². The van der Waals surface area contributed by atoms with Crippen molar-refractivity contribution in [3.63, 3.8) is 0 Å². The highest BCUT2D eigenvalue weighted by Gasteiger charge is 2.36. The average Bonchev–Trinajstić information content (AvgIpc) is 3.24. The molecule has 8 heteroatoms. The molecule has 4 N–H and O–H groups in total. The Morgan fingerprint density at radius 3 is 2.91 bits per heavy atom. The van der Waals surface area contributed by atoms with E-state index in [1.807, 2.05) is 19.1 Å². The van der Waals surface area contributed by atoms with E-state index in [1.165, 1.54) is 0 Å². The van der Waals surface area contributed by atoms with Crippen LogP contribution in [0, 0.1) is 4.91 Å². The number of benzene rings is 2. The number of amides is 1. The third kappa shape index (κ3) is 4.35. The van der Waals surface area contributed by atoms with Gasteiger partial charge in [-0.15, -0.1) is 4.91 Å². The maximum Gasteiger partial charge on any atom is 0.251 e. The van der Waals surface area contributed by atoms with Gasteiger partial charge in [-0.25, -0.2) is 0 Å². The largest absolute Gasteiger partial charge is 0.400 e. The minimum atomic E-state index is -0.153. The van der Waals surface area contributed by atoms with Crippen LogP contribution in [0.4, 0.5) is 5.69 Å². The molecular formula is C25H29ClN4O3. The van der Waals surface area contributed by atoms with Crippen molar-refractivity contribution >= 4 is 28.9 Å². The van der Waals surface area contributed by atoms with Crippen LogP contribution in [0.3, 0.4) is 0 Å². The molecule has 1 unspecified atom stereocenters. The fourth-order valence-corrected chi connectivity index (χ4v) is 5.23. The van der Waals surface area contributed by atoms with Crippen LogP contribution in [-0.4, -0.2) is 35.6 Å². The van der Waals surface area contributed by atoms with Crippen molar-refractivity contribution in [2.75, 3.05) is 19.7 Å². The summed E-state index contributed by atoms with van der Waals surface area (Å²) in [6.07, 6.45) is 3.63. The predicted molar refractivity (Wildman–Crippen MR) is 130 cm³/mol. The highest BCUT2D eigenvalue weighted by atomic mass is 35.5. The van der Waals surface area contributed by atoms with Crippen molar-refractivity contribution < 1.29 is 9.90 Å². The zero-order valence-electron chi connectivity index (χ0n) is 18.7. The molecule has 0 bridgehead atoms. The Hall–Kier alpha value is -2.90. The first-order valence-corrected chi connectivity index (χ1v) is 11.8. The van der Waals surface area contributed by atoms with Gasteiger partial charge in [-0.2, -0.15) is 0 Å². The summed E-state index contributed by atoms with van der Waals surface area (Å²) in [6, 6.07) is 9.50. The molecular weight excluding hydrogens is 440 g/mol. The van der Waals surface area contributed by atoms with Crippen molar-refractivity contribution in [1.82, 2.24) is 10.2 Å². The highest BCUT2D eigenvalue weighted by Crippen LogP contribution is 2.45. The van der Waals surface area contributed by atoms with Crippen LogP contribution in [0.2, 0.25) is 5.02 Å². The Morgan fingerprint density at radius 2 is 2.18 bits per heavy atom. The van der Waals surface area contributed by atoms with Gasteiger partial charge in [-0.1, -0.05) is 30.7 Å². The van der Waals surface area contributed by atoms with Gasteiger partial charge < -0.3 is 21.1 Å². The number of halogens is 1. The van der Waals surface area contributed by atoms with Crippen LogP contribution in [0.5, 0.6) is 0 Å². The van der Waals surface area contributed by atoms with Gasteiger partial charge in [-0.05, 0) is 65.7 Å². The van der Waals surface area contributed by atoms with Gasteiger partial charge in [0.15, 0.2) is 0 Å². The van der Waals surface area contributed by atoms with Crippen LogP contribution in [0.1, 0.15) is 64.8 Å². The van der Waals surface area contributed by atoms with E-state index in [4.69, 9.17) is 22.4 Å². The van der Waals surface area contributed by atoms with Crippen LogP contribution in [-0.2, 0) is 12.8 Å². The van der Waals surface area contributed by atoms with Crippen LogP contribution >= 0.6 is 11.6 Å². The number of nitroso groups, excluding NO2 is 1. The molecule has 2 aliphatic heterocycles. The number of allylic oxidation sites excluding steroid dienone is 1. The van der Waals surface area contributed by atoms with Gasteiger partial charge in [0.05, 0.1) is 16.8 Å². The van der Waals surface area contributed by atoms with Gasteiger partial charge in [0.25, 0.3) is 5.91 Å². The number of aliphatic hydroxyl groups excluding tert-OH is 1. The van der Waals surface area contributed by atoms with Crippen LogP contribution < -0.4 is 11.1 Å². The number of nitrogens with one attached hydrogen (secondary N) is 1. The summed E-state index contributed by atoms with van der Waals surface area (Å²) in [4.78, 5) is 26.5. The molecule has 0 saturated carbocycles. The zero-order valence-corrected chi connectivity index (χ0v) is 19.5. The minimum Gasteiger partial charge on any atom is -0.400 e. The SMILES string of the molecule is CCc1cc(N=O)c(Cl)cc1C1=C(N)Cc2c(C(=O)NCCCO)cccc2C2CCCN12. The van der Waals surface area contributed by atoms with E-state index in [2.05, 4.69) is 21.5 Å². The lowest BCUT2D eigenvalue weighted by Gasteiger charge is -2.31. The molecule has 2 heterocycles. The second-order valence-electron chi connectivity index (χ2n) is 8.51. The summed E-state index contributed by atoms with van der Waals surface area (Å²) in [7, 11) is 0. The Morgan fingerprint density at radius 1 is 1.36 bits per heavy atom. The first-order valence-electron chi connectivity index (χ1n) is 11.4. The van der Waals surface area contributed by atoms with Crippen LogP contribution in [0.15, 0.2) is 41.2 Å². The second-order valence-corrected chi connectivity index (χ2v) is 8.92. The molecule has 2 aromatic rings. The molecule has 0 aliphatic carbocycles. The molecule has 174 valence electrons. The molecule has 1 amide bonds. The zero-order chi connectivity index (χ0) is 23.5. The summed E-state index contributed by atoms with van der Waals surface area (Å²) >= 11 is 6.38. The number of carbonyl (C=O) groups excluding carboxylic acids is 1. The summed E-state index contributed by atoms with van der Waals surface area (Å²) in [5.41, 5.74) is 13.2. The van der Waals surface area contributed by atoms with E-state index in [0.717, 1.165) is 47.3 Å². The normalized spacial score (nSPS) is 17.4. The molecule has 1 atom stereocenters. The van der Waals surface area contributed by atoms with E-state index < -0.39 is 0 Å². The fourth-order valence-electron chi connectivity index (χ4n) is 5.04. The van der Waals surface area contributed by atoms with Crippen molar-refractivity contribution in [1.29, 1.82) is 0 Å². The standard InChI is InChI=1S/C25H29ClN4O3/c1-2-15-12-22(29-33)20(26)13-18(15)24-21(27)14-19-16(23-8-4-10-30(23)24)6-3-7-17(19)25(32)28-9-5-11-31/h3,6-7,12-13,23,31H,2,4-5,8-11,14,27H2,1H3,(H,28,32). The number of rotatable bonds is 7. The molecule has 33 heavy (non-hydrogen) atoms. The lowest BCUT2D eigenvalue weighted by Crippen LogP contribution is -2.27. The summed E-state index contributed by atoms with van der Waals surface area (Å²) in [5.74, 6) is -0.153. The van der Waals surface area contributed by atoms with E-state index in [1.54, 1.807) is 12.1 Å². The highest BCUT2D eigenvalue weighted by molar-refractivity contribution is 6.33. The lowest BCUT2D eigenvalue weighted by atomic mass is 9.92. The molecule has 0 aromatic heterocycles. The van der Waals surface area contributed by atoms with Gasteiger partial charge in [0, 0.05) is 42.9 Å². The number of hydrogen-bond donors (Lipinski definition) is 3. The van der Waals surface area contributed by atoms with E-state index in [-0.39, 0.29) is 24.2 Å². The predicted octanol–water partition coefficient (Wildman–Crippen LogP) is 4.43. The Balaban J connectivity index is 1.83. The number of fused-ring (bicyclic) bond motifs is 3. The molecule has 1 fully saturated rings. The molecule has 0 spiro atoms. The molecule has 1 saturated heterocycles. The van der Waals surface area contributed by atoms with Gasteiger partial charge in [0.1, 0.15) is 5.69 Å². The number of aliphatic hydroxyl groups is 1. The number of nitrogens with zero attached hydrogens (tertiary/aromatic N) is 2. The molecule has 2 aliphatic rings. The Labute approximate surface area is 198 Å². The summed E-state index contributed by atoms with van der Waals surface area (Å²) in [6.45, 7) is 3.33. The first-order chi connectivity index (χ1) is 16.0. The topological polar surface area (TPSA) is 108 Å². The quantitative estimate of drug-likeness (QED) is 0.411. The monoisotopic (exact) mass is 468 g/mol. The number of nitrogens with two attached hydrogens (primary N) is 1. The maximum absolute atomic E-state index is 12.9. The van der Waals surface area contributed by atoms with Crippen molar-refractivity contribution in [3.8, 4) is 0 Å². The Bertz CT molecular complexity index is 1120. The first kappa shape index (κ1) is 23.3. The average molecular weight is 469 g/mol. The lowest BCUT2D eigenvalue weighted by molar-refractivity contribution is 0.0950. The maximum atomic E-state index is 12.9. The summed E-state index contributed by atoms with van der Waals surface area (Å²) < 4.78 is 0. The van der Waals surface area contributed by atoms with Gasteiger partial charge in [0.2, 0.25) is 0 Å². The minimum absolute atomic E-state index is 0.0317. The molecule has 7 nitrogen and oxygen atoms in total. The fraction of sp³-hybridized carbons (Fsp3) is 0.400. The Kier molecular flexibility index (Phi) is 7.00. The van der Waals surface area contributed by atoms with E-state index in [0.29, 0.717) is 42.1 Å². The molecule has 2 aromatic carbocycles. The smallest absolute Gasteiger partial charge is 0.251 e. The van der Waals surface area contributed by atoms with E-state index in [9.17, 15) is 9.70 Å².